The lowest BCUT2D eigenvalue weighted by atomic mass is 9.89. The molecule has 1 unspecified atom stereocenters. The van der Waals surface area contributed by atoms with Crippen LogP contribution in [0.1, 0.15) is 36.6 Å². The van der Waals surface area contributed by atoms with Gasteiger partial charge in [-0.25, -0.2) is 15.0 Å². The van der Waals surface area contributed by atoms with E-state index in [1.54, 1.807) is 0 Å². The van der Waals surface area contributed by atoms with E-state index in [9.17, 15) is 0 Å². The van der Waals surface area contributed by atoms with E-state index in [4.69, 9.17) is 23.8 Å². The number of hydrogen-bond donors (Lipinski definition) is 0. The first-order chi connectivity index (χ1) is 23.8. The molecule has 1 atom stereocenters. The highest BCUT2D eigenvalue weighted by Crippen LogP contribution is 2.36. The van der Waals surface area contributed by atoms with Gasteiger partial charge in [0.25, 0.3) is 0 Å². The first kappa shape index (κ1) is 27.1. The van der Waals surface area contributed by atoms with Gasteiger partial charge >= 0.3 is 0 Å². The summed E-state index contributed by atoms with van der Waals surface area (Å²) in [6.07, 6.45) is 13.6. The number of furan rings is 2. The molecule has 0 amide bonds. The molecule has 5 nitrogen and oxygen atoms in total. The third-order valence-corrected chi connectivity index (χ3v) is 9.74. The molecule has 0 radical (unpaired) electrons. The second kappa shape index (κ2) is 10.7. The number of fused-ring (bicyclic) bond motifs is 7. The number of benzene rings is 5. The molecule has 0 spiro atoms. The normalized spacial score (nSPS) is 15.8. The molecule has 228 valence electrons. The maximum Gasteiger partial charge on any atom is 0.164 e. The van der Waals surface area contributed by atoms with Crippen molar-refractivity contribution in [1.82, 2.24) is 15.0 Å². The van der Waals surface area contributed by atoms with Crippen molar-refractivity contribution in [3.05, 3.63) is 149 Å². The third kappa shape index (κ3) is 4.28. The van der Waals surface area contributed by atoms with Crippen molar-refractivity contribution in [2.24, 2.45) is 0 Å². The van der Waals surface area contributed by atoms with Crippen molar-refractivity contribution >= 4 is 55.5 Å². The van der Waals surface area contributed by atoms with Crippen LogP contribution in [0.4, 0.5) is 0 Å². The van der Waals surface area contributed by atoms with E-state index in [1.165, 1.54) is 27.0 Å². The Morgan fingerprint density at radius 3 is 2.25 bits per heavy atom. The van der Waals surface area contributed by atoms with Gasteiger partial charge in [0.05, 0.1) is 0 Å². The molecule has 0 saturated carbocycles. The SMILES string of the molecule is C1=CCC(c2nc(-c3ccc4c(c3)oc3ccccc34)nc(-c3cccc4c3=CCCC=4c3cccc4oc5ccccc5c34)n2)C=C1. The van der Waals surface area contributed by atoms with Crippen LogP contribution < -0.4 is 10.4 Å². The number of hydrogen-bond acceptors (Lipinski definition) is 5. The van der Waals surface area contributed by atoms with Crippen molar-refractivity contribution in [1.29, 1.82) is 0 Å². The minimum atomic E-state index is 0.0723. The molecule has 2 aliphatic carbocycles. The van der Waals surface area contributed by atoms with Gasteiger partial charge in [0.1, 0.15) is 28.2 Å². The number of aromatic nitrogens is 3. The molecule has 0 saturated heterocycles. The Morgan fingerprint density at radius 1 is 0.604 bits per heavy atom. The third-order valence-electron chi connectivity index (χ3n) is 9.74. The van der Waals surface area contributed by atoms with E-state index < -0.39 is 0 Å². The van der Waals surface area contributed by atoms with E-state index >= 15 is 0 Å². The van der Waals surface area contributed by atoms with E-state index in [0.29, 0.717) is 11.6 Å². The molecule has 5 aromatic carbocycles. The summed E-state index contributed by atoms with van der Waals surface area (Å²) in [5.74, 6) is 2.17. The number of para-hydroxylation sites is 2. The molecule has 10 rings (SSSR count). The molecule has 0 aliphatic heterocycles. The van der Waals surface area contributed by atoms with Gasteiger partial charge in [-0.2, -0.15) is 0 Å². The molecule has 0 fully saturated rings. The van der Waals surface area contributed by atoms with Gasteiger partial charge in [0.15, 0.2) is 11.6 Å². The monoisotopic (exact) mass is 619 g/mol. The largest absolute Gasteiger partial charge is 0.456 e. The second-order valence-electron chi connectivity index (χ2n) is 12.6. The van der Waals surface area contributed by atoms with Gasteiger partial charge in [0, 0.05) is 38.6 Å². The molecule has 3 aromatic heterocycles. The van der Waals surface area contributed by atoms with Crippen molar-refractivity contribution in [2.45, 2.75) is 25.2 Å². The summed E-state index contributed by atoms with van der Waals surface area (Å²) in [5, 5.41) is 6.88. The van der Waals surface area contributed by atoms with Crippen molar-refractivity contribution in [3.8, 4) is 22.8 Å². The van der Waals surface area contributed by atoms with Crippen molar-refractivity contribution in [3.63, 3.8) is 0 Å². The molecule has 0 N–H and O–H groups in total. The molecular weight excluding hydrogens is 590 g/mol. The predicted molar refractivity (Wildman–Crippen MR) is 193 cm³/mol. The van der Waals surface area contributed by atoms with Gasteiger partial charge in [-0.05, 0) is 71.2 Å². The maximum atomic E-state index is 6.27. The van der Waals surface area contributed by atoms with Crippen LogP contribution in [0.5, 0.6) is 0 Å². The molecular formula is C43H29N3O2. The molecule has 2 aliphatic rings. The number of rotatable bonds is 4. The van der Waals surface area contributed by atoms with Gasteiger partial charge in [0.2, 0.25) is 0 Å². The zero-order chi connectivity index (χ0) is 31.6. The van der Waals surface area contributed by atoms with Crippen LogP contribution in [-0.4, -0.2) is 15.0 Å². The maximum absolute atomic E-state index is 6.27. The average molecular weight is 620 g/mol. The fourth-order valence-electron chi connectivity index (χ4n) is 7.49. The lowest BCUT2D eigenvalue weighted by Gasteiger charge is -2.17. The first-order valence-corrected chi connectivity index (χ1v) is 16.5. The summed E-state index contributed by atoms with van der Waals surface area (Å²) < 4.78 is 12.5. The predicted octanol–water partition coefficient (Wildman–Crippen LogP) is 9.38. The van der Waals surface area contributed by atoms with Gasteiger partial charge < -0.3 is 8.83 Å². The van der Waals surface area contributed by atoms with E-state index in [0.717, 1.165) is 74.7 Å². The smallest absolute Gasteiger partial charge is 0.164 e. The van der Waals surface area contributed by atoms with Crippen molar-refractivity contribution < 1.29 is 8.83 Å². The fraction of sp³-hybridized carbons (Fsp3) is 0.0930. The lowest BCUT2D eigenvalue weighted by Crippen LogP contribution is -2.32. The van der Waals surface area contributed by atoms with Gasteiger partial charge in [-0.1, -0.05) is 103 Å². The topological polar surface area (TPSA) is 65.0 Å². The Balaban J connectivity index is 1.19. The minimum Gasteiger partial charge on any atom is -0.456 e. The van der Waals surface area contributed by atoms with Crippen LogP contribution in [0.2, 0.25) is 0 Å². The Kier molecular flexibility index (Phi) is 6.06. The van der Waals surface area contributed by atoms with Crippen LogP contribution in [0.3, 0.4) is 0 Å². The summed E-state index contributed by atoms with van der Waals surface area (Å²) >= 11 is 0. The highest BCUT2D eigenvalue weighted by atomic mass is 16.3. The Morgan fingerprint density at radius 2 is 1.35 bits per heavy atom. The number of nitrogens with zero attached hydrogens (tertiary/aromatic N) is 3. The fourth-order valence-corrected chi connectivity index (χ4v) is 7.49. The van der Waals surface area contributed by atoms with Crippen LogP contribution in [0.15, 0.2) is 136 Å². The summed E-state index contributed by atoms with van der Waals surface area (Å²) in [6, 6.07) is 35.6. The van der Waals surface area contributed by atoms with Crippen LogP contribution in [0, 0.1) is 0 Å². The van der Waals surface area contributed by atoms with Gasteiger partial charge in [-0.3, -0.25) is 0 Å². The highest BCUT2D eigenvalue weighted by Gasteiger charge is 2.21. The zero-order valence-corrected chi connectivity index (χ0v) is 26.1. The lowest BCUT2D eigenvalue weighted by molar-refractivity contribution is 0.668. The molecule has 3 heterocycles. The average Bonchev–Trinajstić information content (AvgIpc) is 3.73. The molecule has 0 bridgehead atoms. The first-order valence-electron chi connectivity index (χ1n) is 16.5. The van der Waals surface area contributed by atoms with Crippen LogP contribution in [0.25, 0.3) is 78.3 Å². The van der Waals surface area contributed by atoms with Crippen LogP contribution in [-0.2, 0) is 0 Å². The molecule has 48 heavy (non-hydrogen) atoms. The zero-order valence-electron chi connectivity index (χ0n) is 26.1. The van der Waals surface area contributed by atoms with E-state index in [2.05, 4.69) is 103 Å². The van der Waals surface area contributed by atoms with Gasteiger partial charge in [-0.15, -0.1) is 0 Å². The Labute approximate surface area is 275 Å². The standard InChI is InChI=1S/C43H29N3O2/c1-2-11-26(12-3-1)41-44-42(27-23-24-32-31-13-4-6-20-36(31)48-39(32)25-27)46-43(45-41)34-19-9-15-28-29(16-8-17-30(28)34)33-18-10-22-38-40(33)35-14-5-7-21-37(35)47-38/h1-7,9-11,13-15,17-26H,8,12,16H2. The Hall–Kier alpha value is -6.07. The van der Waals surface area contributed by atoms with E-state index in [1.807, 2.05) is 30.3 Å². The van der Waals surface area contributed by atoms with Crippen molar-refractivity contribution in [2.75, 3.05) is 0 Å². The summed E-state index contributed by atoms with van der Waals surface area (Å²) in [4.78, 5) is 15.4. The quantitative estimate of drug-likeness (QED) is 0.196. The number of allylic oxidation sites excluding steroid dienone is 4. The molecule has 8 aromatic rings. The summed E-state index contributed by atoms with van der Waals surface area (Å²) in [6.45, 7) is 0. The van der Waals surface area contributed by atoms with E-state index in [-0.39, 0.29) is 5.92 Å². The Bertz CT molecular complexity index is 2780. The highest BCUT2D eigenvalue weighted by molar-refractivity contribution is 6.10. The molecule has 5 heteroatoms. The minimum absolute atomic E-state index is 0.0723. The summed E-state index contributed by atoms with van der Waals surface area (Å²) in [5.41, 5.74) is 7.98. The summed E-state index contributed by atoms with van der Waals surface area (Å²) in [7, 11) is 0. The second-order valence-corrected chi connectivity index (χ2v) is 12.6. The van der Waals surface area contributed by atoms with Crippen LogP contribution >= 0.6 is 0 Å².